The molecule has 0 heterocycles. The Morgan fingerprint density at radius 2 is 1.94 bits per heavy atom. The number of hydrogen-bond acceptors (Lipinski definition) is 4. The third kappa shape index (κ3) is 4.98. The van der Waals surface area contributed by atoms with E-state index in [-0.39, 0.29) is 25.7 Å². The van der Waals surface area contributed by atoms with Gasteiger partial charge < -0.3 is 20.9 Å². The first kappa shape index (κ1) is 13.0. The number of anilines is 1. The van der Waals surface area contributed by atoms with Crippen molar-refractivity contribution in [2.24, 2.45) is 0 Å². The number of carboxylic acid groups (broad SMARTS) is 1. The van der Waals surface area contributed by atoms with Crippen LogP contribution in [-0.4, -0.2) is 36.7 Å². The standard InChI is InChI=1S/C11H14N2O4/c12-9-3-1-8(2-4-9)11(16)13-5-6-17-7-10(14)15/h1-4H,5-7,12H2,(H,13,16)(H,14,15). The molecule has 0 aliphatic carbocycles. The molecular weight excluding hydrogens is 224 g/mol. The van der Waals surface area contributed by atoms with E-state index >= 15 is 0 Å². The highest BCUT2D eigenvalue weighted by molar-refractivity contribution is 5.94. The molecule has 0 aliphatic heterocycles. The van der Waals surface area contributed by atoms with Crippen molar-refractivity contribution in [1.82, 2.24) is 5.32 Å². The fourth-order valence-corrected chi connectivity index (χ4v) is 1.13. The molecule has 4 N–H and O–H groups in total. The Kier molecular flexibility index (Phi) is 4.96. The number of carbonyl (C=O) groups excluding carboxylic acids is 1. The highest BCUT2D eigenvalue weighted by Gasteiger charge is 2.04. The molecule has 0 aliphatic rings. The number of amides is 1. The predicted molar refractivity (Wildman–Crippen MR) is 61.6 cm³/mol. The lowest BCUT2D eigenvalue weighted by Crippen LogP contribution is -2.27. The number of hydrogen-bond donors (Lipinski definition) is 3. The summed E-state index contributed by atoms with van der Waals surface area (Å²) in [5.74, 6) is -1.28. The molecule has 0 aromatic heterocycles. The average Bonchev–Trinajstić information content (AvgIpc) is 2.29. The Morgan fingerprint density at radius 3 is 2.53 bits per heavy atom. The molecule has 17 heavy (non-hydrogen) atoms. The Labute approximate surface area is 98.4 Å². The molecule has 1 rings (SSSR count). The highest BCUT2D eigenvalue weighted by atomic mass is 16.5. The first-order valence-electron chi connectivity index (χ1n) is 5.03. The van der Waals surface area contributed by atoms with E-state index in [1.54, 1.807) is 24.3 Å². The summed E-state index contributed by atoms with van der Waals surface area (Å²) in [7, 11) is 0. The minimum Gasteiger partial charge on any atom is -0.480 e. The number of nitrogens with two attached hydrogens (primary N) is 1. The molecule has 0 atom stereocenters. The Morgan fingerprint density at radius 1 is 1.29 bits per heavy atom. The van der Waals surface area contributed by atoms with Gasteiger partial charge in [-0.3, -0.25) is 4.79 Å². The molecule has 1 amide bonds. The maximum atomic E-state index is 11.5. The predicted octanol–water partition coefficient (Wildman–Crippen LogP) is 0.0998. The van der Waals surface area contributed by atoms with Crippen LogP contribution in [0.15, 0.2) is 24.3 Å². The maximum absolute atomic E-state index is 11.5. The SMILES string of the molecule is Nc1ccc(C(=O)NCCOCC(=O)O)cc1. The molecule has 0 spiro atoms. The van der Waals surface area contributed by atoms with Crippen molar-refractivity contribution in [3.05, 3.63) is 29.8 Å². The van der Waals surface area contributed by atoms with E-state index in [2.05, 4.69) is 5.32 Å². The molecular formula is C11H14N2O4. The zero-order chi connectivity index (χ0) is 12.7. The quantitative estimate of drug-likeness (QED) is 0.482. The molecule has 0 radical (unpaired) electrons. The number of nitrogens with one attached hydrogen (secondary N) is 1. The summed E-state index contributed by atoms with van der Waals surface area (Å²) in [4.78, 5) is 21.7. The number of aliphatic carboxylic acids is 1. The van der Waals surface area contributed by atoms with Crippen LogP contribution >= 0.6 is 0 Å². The summed E-state index contributed by atoms with van der Waals surface area (Å²) >= 11 is 0. The van der Waals surface area contributed by atoms with E-state index in [1.165, 1.54) is 0 Å². The van der Waals surface area contributed by atoms with E-state index in [1.807, 2.05) is 0 Å². The van der Waals surface area contributed by atoms with Crippen LogP contribution in [0.1, 0.15) is 10.4 Å². The van der Waals surface area contributed by atoms with Gasteiger partial charge in [-0.05, 0) is 24.3 Å². The first-order valence-corrected chi connectivity index (χ1v) is 5.03. The van der Waals surface area contributed by atoms with Crippen LogP contribution < -0.4 is 11.1 Å². The van der Waals surface area contributed by atoms with Crippen molar-refractivity contribution in [3.8, 4) is 0 Å². The lowest BCUT2D eigenvalue weighted by Gasteiger charge is -2.05. The third-order valence-electron chi connectivity index (χ3n) is 1.93. The normalized spacial score (nSPS) is 9.88. The second-order valence-electron chi connectivity index (χ2n) is 3.32. The number of rotatable bonds is 6. The zero-order valence-electron chi connectivity index (χ0n) is 9.18. The lowest BCUT2D eigenvalue weighted by atomic mass is 10.2. The third-order valence-corrected chi connectivity index (χ3v) is 1.93. The van der Waals surface area contributed by atoms with E-state index in [4.69, 9.17) is 15.6 Å². The van der Waals surface area contributed by atoms with Crippen molar-refractivity contribution in [2.45, 2.75) is 0 Å². The number of ether oxygens (including phenoxy) is 1. The largest absolute Gasteiger partial charge is 0.480 e. The molecule has 0 unspecified atom stereocenters. The van der Waals surface area contributed by atoms with Crippen molar-refractivity contribution in [2.75, 3.05) is 25.5 Å². The summed E-state index contributed by atoms with van der Waals surface area (Å²) in [6.07, 6.45) is 0. The van der Waals surface area contributed by atoms with Crippen LogP contribution in [-0.2, 0) is 9.53 Å². The molecule has 0 saturated heterocycles. The van der Waals surface area contributed by atoms with Gasteiger partial charge in [-0.1, -0.05) is 0 Å². The minimum absolute atomic E-state index is 0.160. The van der Waals surface area contributed by atoms with Crippen molar-refractivity contribution < 1.29 is 19.4 Å². The summed E-state index contributed by atoms with van der Waals surface area (Å²) in [6.45, 7) is 0.0568. The van der Waals surface area contributed by atoms with Crippen LogP contribution in [0.25, 0.3) is 0 Å². The molecule has 0 bridgehead atoms. The maximum Gasteiger partial charge on any atom is 0.329 e. The van der Waals surface area contributed by atoms with Gasteiger partial charge in [0, 0.05) is 17.8 Å². The Bertz CT molecular complexity index is 389. The van der Waals surface area contributed by atoms with Crippen LogP contribution in [0.5, 0.6) is 0 Å². The summed E-state index contributed by atoms with van der Waals surface area (Å²) in [5.41, 5.74) is 6.57. The zero-order valence-corrected chi connectivity index (χ0v) is 9.18. The smallest absolute Gasteiger partial charge is 0.329 e. The van der Waals surface area contributed by atoms with Crippen molar-refractivity contribution >= 4 is 17.6 Å². The van der Waals surface area contributed by atoms with Gasteiger partial charge in [-0.25, -0.2) is 4.79 Å². The molecule has 1 aromatic carbocycles. The Balaban J connectivity index is 2.25. The molecule has 1 aromatic rings. The molecule has 6 heteroatoms. The van der Waals surface area contributed by atoms with Gasteiger partial charge in [-0.15, -0.1) is 0 Å². The fraction of sp³-hybridized carbons (Fsp3) is 0.273. The van der Waals surface area contributed by atoms with Crippen LogP contribution in [0.2, 0.25) is 0 Å². The number of carboxylic acids is 1. The van der Waals surface area contributed by atoms with E-state index in [0.29, 0.717) is 11.3 Å². The summed E-state index contributed by atoms with van der Waals surface area (Å²) < 4.78 is 4.77. The van der Waals surface area contributed by atoms with Crippen LogP contribution in [0.4, 0.5) is 5.69 Å². The van der Waals surface area contributed by atoms with Crippen LogP contribution in [0.3, 0.4) is 0 Å². The van der Waals surface area contributed by atoms with Crippen LogP contribution in [0, 0.1) is 0 Å². The summed E-state index contributed by atoms with van der Waals surface area (Å²) in [6, 6.07) is 6.50. The van der Waals surface area contributed by atoms with E-state index < -0.39 is 5.97 Å². The number of carbonyl (C=O) groups is 2. The Hall–Kier alpha value is -2.08. The van der Waals surface area contributed by atoms with Gasteiger partial charge in [0.25, 0.3) is 5.91 Å². The summed E-state index contributed by atoms with van der Waals surface area (Å²) in [5, 5.41) is 10.9. The molecule has 0 fully saturated rings. The average molecular weight is 238 g/mol. The highest BCUT2D eigenvalue weighted by Crippen LogP contribution is 2.04. The van der Waals surface area contributed by atoms with E-state index in [9.17, 15) is 9.59 Å². The first-order chi connectivity index (χ1) is 8.09. The van der Waals surface area contributed by atoms with Gasteiger partial charge in [0.1, 0.15) is 6.61 Å². The van der Waals surface area contributed by atoms with Gasteiger partial charge in [-0.2, -0.15) is 0 Å². The lowest BCUT2D eigenvalue weighted by molar-refractivity contribution is -0.142. The van der Waals surface area contributed by atoms with Gasteiger partial charge in [0.15, 0.2) is 0 Å². The van der Waals surface area contributed by atoms with Gasteiger partial charge in [0.05, 0.1) is 6.61 Å². The monoisotopic (exact) mass is 238 g/mol. The fourth-order valence-electron chi connectivity index (χ4n) is 1.13. The van der Waals surface area contributed by atoms with Crippen molar-refractivity contribution in [1.29, 1.82) is 0 Å². The number of nitrogen functional groups attached to an aromatic ring is 1. The second kappa shape index (κ2) is 6.49. The minimum atomic E-state index is -1.03. The molecule has 6 nitrogen and oxygen atoms in total. The second-order valence-corrected chi connectivity index (χ2v) is 3.32. The molecule has 0 saturated carbocycles. The topological polar surface area (TPSA) is 102 Å². The number of benzene rings is 1. The molecule has 92 valence electrons. The van der Waals surface area contributed by atoms with E-state index in [0.717, 1.165) is 0 Å². The van der Waals surface area contributed by atoms with Gasteiger partial charge >= 0.3 is 5.97 Å². The van der Waals surface area contributed by atoms with Crippen molar-refractivity contribution in [3.63, 3.8) is 0 Å². The van der Waals surface area contributed by atoms with Gasteiger partial charge in [0.2, 0.25) is 0 Å².